The van der Waals surface area contributed by atoms with E-state index >= 15 is 0 Å². The van der Waals surface area contributed by atoms with Crippen molar-refractivity contribution in [1.82, 2.24) is 0 Å². The summed E-state index contributed by atoms with van der Waals surface area (Å²) in [5.41, 5.74) is 6.86. The van der Waals surface area contributed by atoms with Crippen LogP contribution in [0.15, 0.2) is 103 Å². The van der Waals surface area contributed by atoms with Gasteiger partial charge >= 0.3 is 0 Å². The fraction of sp³-hybridized carbons (Fsp3) is 0.188. The van der Waals surface area contributed by atoms with Gasteiger partial charge in [0.25, 0.3) is 0 Å². The minimum Gasteiger partial charge on any atom is -0.0654 e. The van der Waals surface area contributed by atoms with Crippen molar-refractivity contribution in [2.75, 3.05) is 0 Å². The van der Waals surface area contributed by atoms with Gasteiger partial charge in [0.1, 0.15) is 0 Å². The second-order valence-electron chi connectivity index (χ2n) is 8.72. The molecule has 5 rings (SSSR count). The fourth-order valence-electron chi connectivity index (χ4n) is 5.23. The number of benzene rings is 5. The molecule has 158 valence electrons. The Bertz CT molecular complexity index is 1360. The normalized spacial score (nSPS) is 12.3. The van der Waals surface area contributed by atoms with E-state index in [-0.39, 0.29) is 0 Å². The maximum absolute atomic E-state index is 2.40. The van der Waals surface area contributed by atoms with Gasteiger partial charge in [-0.1, -0.05) is 123 Å². The summed E-state index contributed by atoms with van der Waals surface area (Å²) in [6.07, 6.45) is 3.57. The topological polar surface area (TPSA) is 0 Å². The molecule has 0 aliphatic carbocycles. The van der Waals surface area contributed by atoms with E-state index in [4.69, 9.17) is 0 Å². The van der Waals surface area contributed by atoms with E-state index in [9.17, 15) is 0 Å². The highest BCUT2D eigenvalue weighted by Crippen LogP contribution is 2.45. The number of fused-ring (bicyclic) bond motifs is 2. The molecule has 0 fully saturated rings. The van der Waals surface area contributed by atoms with Gasteiger partial charge in [0.15, 0.2) is 0 Å². The van der Waals surface area contributed by atoms with Crippen molar-refractivity contribution >= 4 is 21.5 Å². The highest BCUT2D eigenvalue weighted by Gasteiger charge is 2.21. The molecule has 1 unspecified atom stereocenters. The summed E-state index contributed by atoms with van der Waals surface area (Å²) in [6, 6.07) is 37.9. The molecule has 0 bridgehead atoms. The van der Waals surface area contributed by atoms with Crippen molar-refractivity contribution in [3.8, 4) is 22.3 Å². The molecule has 0 aliphatic rings. The molecule has 0 spiro atoms. The lowest BCUT2D eigenvalue weighted by Crippen LogP contribution is -2.02. The maximum Gasteiger partial charge on any atom is -0.00177 e. The molecule has 5 aromatic carbocycles. The fourth-order valence-corrected chi connectivity index (χ4v) is 5.23. The van der Waals surface area contributed by atoms with E-state index in [1.165, 1.54) is 62.2 Å². The van der Waals surface area contributed by atoms with Crippen molar-refractivity contribution in [3.63, 3.8) is 0 Å². The van der Waals surface area contributed by atoms with Crippen LogP contribution >= 0.6 is 0 Å². The summed E-state index contributed by atoms with van der Waals surface area (Å²) < 4.78 is 0. The van der Waals surface area contributed by atoms with Crippen LogP contribution < -0.4 is 0 Å². The first-order chi connectivity index (χ1) is 15.8. The quantitative estimate of drug-likeness (QED) is 0.259. The zero-order valence-corrected chi connectivity index (χ0v) is 19.0. The van der Waals surface area contributed by atoms with Crippen LogP contribution in [0.4, 0.5) is 0 Å². The largest absolute Gasteiger partial charge is 0.0654 e. The lowest BCUT2D eigenvalue weighted by atomic mass is 9.80. The molecule has 0 radical (unpaired) electrons. The van der Waals surface area contributed by atoms with E-state index in [0.29, 0.717) is 5.92 Å². The predicted octanol–water partition coefficient (Wildman–Crippen LogP) is 9.62. The van der Waals surface area contributed by atoms with Crippen molar-refractivity contribution in [3.05, 3.63) is 109 Å². The first-order valence-electron chi connectivity index (χ1n) is 11.9. The van der Waals surface area contributed by atoms with Gasteiger partial charge in [-0.15, -0.1) is 0 Å². The van der Waals surface area contributed by atoms with E-state index in [0.717, 1.165) is 6.42 Å². The predicted molar refractivity (Wildman–Crippen MR) is 140 cm³/mol. The molecule has 5 aromatic rings. The minimum absolute atomic E-state index is 0.558. The number of hydrogen-bond donors (Lipinski definition) is 0. The standard InChI is InChI=1S/C32H30/c1-3-12-23(4-2)29-21-19-25-15-8-10-17-27(25)31(29)32-28-18-11-9-16-26(28)20-22-30(32)24-13-6-5-7-14-24/h5-11,13-23H,3-4,12H2,1-2H3. The Hall–Kier alpha value is -3.38. The smallest absolute Gasteiger partial charge is 0.00177 e. The lowest BCUT2D eigenvalue weighted by molar-refractivity contribution is 0.597. The first kappa shape index (κ1) is 20.5. The highest BCUT2D eigenvalue weighted by molar-refractivity contribution is 6.11. The van der Waals surface area contributed by atoms with Crippen molar-refractivity contribution in [1.29, 1.82) is 0 Å². The van der Waals surface area contributed by atoms with Crippen molar-refractivity contribution < 1.29 is 0 Å². The van der Waals surface area contributed by atoms with Crippen LogP contribution in [0.25, 0.3) is 43.8 Å². The third-order valence-corrected chi connectivity index (χ3v) is 6.79. The Morgan fingerprint density at radius 2 is 1.16 bits per heavy atom. The van der Waals surface area contributed by atoms with Crippen LogP contribution in [0.5, 0.6) is 0 Å². The van der Waals surface area contributed by atoms with Gasteiger partial charge in [0.2, 0.25) is 0 Å². The Kier molecular flexibility index (Phi) is 5.77. The Balaban J connectivity index is 1.95. The van der Waals surface area contributed by atoms with Crippen LogP contribution in [0, 0.1) is 0 Å². The van der Waals surface area contributed by atoms with E-state index in [1.807, 2.05) is 0 Å². The van der Waals surface area contributed by atoms with E-state index in [1.54, 1.807) is 0 Å². The van der Waals surface area contributed by atoms with Gasteiger partial charge in [0, 0.05) is 0 Å². The third-order valence-electron chi connectivity index (χ3n) is 6.79. The molecule has 0 heterocycles. The molecule has 0 N–H and O–H groups in total. The van der Waals surface area contributed by atoms with Gasteiger partial charge in [-0.05, 0) is 68.1 Å². The molecule has 0 aliphatic heterocycles. The van der Waals surface area contributed by atoms with Crippen LogP contribution in [0.1, 0.15) is 44.6 Å². The van der Waals surface area contributed by atoms with Gasteiger partial charge < -0.3 is 0 Å². The SMILES string of the molecule is CCCC(CC)c1ccc2ccccc2c1-c1c(-c2ccccc2)ccc2ccccc12. The zero-order chi connectivity index (χ0) is 21.9. The lowest BCUT2D eigenvalue weighted by Gasteiger charge is -2.24. The Morgan fingerprint density at radius 3 is 1.81 bits per heavy atom. The van der Waals surface area contributed by atoms with Gasteiger partial charge in [0.05, 0.1) is 0 Å². The zero-order valence-electron chi connectivity index (χ0n) is 19.0. The molecular weight excluding hydrogens is 384 g/mol. The second-order valence-corrected chi connectivity index (χ2v) is 8.72. The number of rotatable bonds is 6. The summed E-state index contributed by atoms with van der Waals surface area (Å²) in [6.45, 7) is 4.64. The van der Waals surface area contributed by atoms with E-state index in [2.05, 4.69) is 117 Å². The van der Waals surface area contributed by atoms with Crippen molar-refractivity contribution in [2.45, 2.75) is 39.0 Å². The summed E-state index contributed by atoms with van der Waals surface area (Å²) >= 11 is 0. The van der Waals surface area contributed by atoms with Crippen LogP contribution in [0.2, 0.25) is 0 Å². The van der Waals surface area contributed by atoms with Crippen LogP contribution in [0.3, 0.4) is 0 Å². The maximum atomic E-state index is 2.40. The van der Waals surface area contributed by atoms with Crippen LogP contribution in [-0.4, -0.2) is 0 Å². The number of hydrogen-bond acceptors (Lipinski definition) is 0. The first-order valence-corrected chi connectivity index (χ1v) is 11.9. The molecule has 1 atom stereocenters. The van der Waals surface area contributed by atoms with Crippen LogP contribution in [-0.2, 0) is 0 Å². The Morgan fingerprint density at radius 1 is 0.562 bits per heavy atom. The highest BCUT2D eigenvalue weighted by atomic mass is 14.2. The molecule has 0 heteroatoms. The van der Waals surface area contributed by atoms with Gasteiger partial charge in [-0.2, -0.15) is 0 Å². The second kappa shape index (κ2) is 9.01. The average Bonchev–Trinajstić information content (AvgIpc) is 2.86. The van der Waals surface area contributed by atoms with Gasteiger partial charge in [-0.3, -0.25) is 0 Å². The average molecular weight is 415 g/mol. The molecule has 0 saturated heterocycles. The molecule has 0 aromatic heterocycles. The summed E-state index contributed by atoms with van der Waals surface area (Å²) in [4.78, 5) is 0. The minimum atomic E-state index is 0.558. The monoisotopic (exact) mass is 414 g/mol. The van der Waals surface area contributed by atoms with Crippen molar-refractivity contribution in [2.24, 2.45) is 0 Å². The summed E-state index contributed by atoms with van der Waals surface area (Å²) in [5.74, 6) is 0.558. The Labute approximate surface area is 191 Å². The summed E-state index contributed by atoms with van der Waals surface area (Å²) in [7, 11) is 0. The summed E-state index contributed by atoms with van der Waals surface area (Å²) in [5, 5.41) is 5.29. The molecule has 0 saturated carbocycles. The molecule has 0 nitrogen and oxygen atoms in total. The van der Waals surface area contributed by atoms with E-state index < -0.39 is 0 Å². The molecule has 32 heavy (non-hydrogen) atoms. The van der Waals surface area contributed by atoms with Gasteiger partial charge in [-0.25, -0.2) is 0 Å². The third kappa shape index (κ3) is 3.60. The molecule has 0 amide bonds. The molecular formula is C32H30.